The number of fused-ring (bicyclic) bond motifs is 1. The lowest BCUT2D eigenvalue weighted by Gasteiger charge is -2.06. The van der Waals surface area contributed by atoms with Crippen LogP contribution in [0.3, 0.4) is 0 Å². The smallest absolute Gasteiger partial charge is 0.0223 e. The molecule has 0 saturated heterocycles. The van der Waals surface area contributed by atoms with E-state index in [1.165, 1.54) is 29.7 Å². The molecule has 0 radical (unpaired) electrons. The molecule has 0 nitrogen and oxygen atoms in total. The van der Waals surface area contributed by atoms with Crippen LogP contribution in [0.4, 0.5) is 0 Å². The predicted octanol–water partition coefficient (Wildman–Crippen LogP) is 4.11. The van der Waals surface area contributed by atoms with E-state index in [1.54, 1.807) is 0 Å². The molecule has 1 aromatic carbocycles. The number of alkyl halides is 1. The second-order valence-corrected chi connectivity index (χ2v) is 5.46. The minimum atomic E-state index is 0.801. The lowest BCUT2D eigenvalue weighted by Crippen LogP contribution is -2.00. The highest BCUT2D eigenvalue weighted by molar-refractivity contribution is 8.00. The minimum Gasteiger partial charge on any atom is -0.127 e. The Kier molecular flexibility index (Phi) is 3.77. The van der Waals surface area contributed by atoms with Gasteiger partial charge in [-0.1, -0.05) is 24.6 Å². The molecule has 0 aromatic heterocycles. The molecule has 0 aliphatic carbocycles. The molecule has 1 aromatic rings. The lowest BCUT2D eigenvalue weighted by molar-refractivity contribution is 0.689. The third-order valence-corrected chi connectivity index (χ3v) is 4.28. The molecule has 14 heavy (non-hydrogen) atoms. The standard InChI is InChI=1S/C12H15ClS/c13-8-4-3-6-11-9-10-5-1-2-7-12(10)14-11/h1-2,5,7,11H,3-4,6,8-9H2. The van der Waals surface area contributed by atoms with Crippen molar-refractivity contribution in [2.75, 3.05) is 5.88 Å². The molecule has 0 N–H and O–H groups in total. The average Bonchev–Trinajstić information content (AvgIpc) is 2.60. The van der Waals surface area contributed by atoms with Gasteiger partial charge in [0.25, 0.3) is 0 Å². The van der Waals surface area contributed by atoms with Gasteiger partial charge in [-0.25, -0.2) is 0 Å². The first-order valence-corrected chi connectivity index (χ1v) is 6.62. The highest BCUT2D eigenvalue weighted by atomic mass is 35.5. The average molecular weight is 227 g/mol. The molecule has 0 amide bonds. The predicted molar refractivity (Wildman–Crippen MR) is 64.4 cm³/mol. The number of thioether (sulfide) groups is 1. The third-order valence-electron chi connectivity index (χ3n) is 2.62. The van der Waals surface area contributed by atoms with Gasteiger partial charge in [0.15, 0.2) is 0 Å². The van der Waals surface area contributed by atoms with Crippen LogP contribution >= 0.6 is 23.4 Å². The minimum absolute atomic E-state index is 0.801. The fourth-order valence-corrected chi connectivity index (χ4v) is 3.44. The van der Waals surface area contributed by atoms with E-state index in [9.17, 15) is 0 Å². The van der Waals surface area contributed by atoms with Gasteiger partial charge in [-0.15, -0.1) is 23.4 Å². The van der Waals surface area contributed by atoms with Crippen LogP contribution in [0.25, 0.3) is 0 Å². The maximum atomic E-state index is 5.67. The van der Waals surface area contributed by atoms with E-state index in [4.69, 9.17) is 11.6 Å². The normalized spacial score (nSPS) is 19.6. The van der Waals surface area contributed by atoms with Crippen LogP contribution in [-0.2, 0) is 6.42 Å². The summed E-state index contributed by atoms with van der Waals surface area (Å²) in [4.78, 5) is 1.49. The number of hydrogen-bond acceptors (Lipinski definition) is 1. The van der Waals surface area contributed by atoms with Crippen molar-refractivity contribution in [3.8, 4) is 0 Å². The van der Waals surface area contributed by atoms with Crippen molar-refractivity contribution >= 4 is 23.4 Å². The first kappa shape index (κ1) is 10.4. The van der Waals surface area contributed by atoms with Crippen molar-refractivity contribution in [2.45, 2.75) is 35.8 Å². The Labute approximate surface area is 95.0 Å². The van der Waals surface area contributed by atoms with Gasteiger partial charge >= 0.3 is 0 Å². The van der Waals surface area contributed by atoms with E-state index in [-0.39, 0.29) is 0 Å². The Bertz CT molecular complexity index is 273. The molecule has 2 rings (SSSR count). The summed E-state index contributed by atoms with van der Waals surface area (Å²) in [5, 5.41) is 0.801. The van der Waals surface area contributed by atoms with Crippen molar-refractivity contribution < 1.29 is 0 Å². The Hall–Kier alpha value is -0.140. The fourth-order valence-electron chi connectivity index (χ4n) is 1.88. The van der Waals surface area contributed by atoms with Crippen LogP contribution in [0, 0.1) is 0 Å². The maximum Gasteiger partial charge on any atom is 0.0223 e. The van der Waals surface area contributed by atoms with Gasteiger partial charge in [0, 0.05) is 16.0 Å². The summed E-state index contributed by atoms with van der Waals surface area (Å²) in [6.07, 6.45) is 5.00. The Morgan fingerprint density at radius 2 is 2.14 bits per heavy atom. The molecular formula is C12H15ClS. The molecule has 0 bridgehead atoms. The van der Waals surface area contributed by atoms with Crippen LogP contribution in [-0.4, -0.2) is 11.1 Å². The van der Waals surface area contributed by atoms with Crippen LogP contribution in [0.2, 0.25) is 0 Å². The summed E-state index contributed by atoms with van der Waals surface area (Å²) in [6.45, 7) is 0. The Morgan fingerprint density at radius 1 is 1.29 bits per heavy atom. The van der Waals surface area contributed by atoms with E-state index in [2.05, 4.69) is 24.3 Å². The van der Waals surface area contributed by atoms with Crippen molar-refractivity contribution in [3.63, 3.8) is 0 Å². The van der Waals surface area contributed by atoms with E-state index >= 15 is 0 Å². The summed E-state index contributed by atoms with van der Waals surface area (Å²) in [5.74, 6) is 0.810. The third kappa shape index (κ3) is 2.46. The highest BCUT2D eigenvalue weighted by Crippen LogP contribution is 2.38. The summed E-state index contributed by atoms with van der Waals surface area (Å²) >= 11 is 7.71. The second kappa shape index (κ2) is 5.09. The molecular weight excluding hydrogens is 212 g/mol. The van der Waals surface area contributed by atoms with Crippen molar-refractivity contribution in [1.29, 1.82) is 0 Å². The highest BCUT2D eigenvalue weighted by Gasteiger charge is 2.20. The maximum absolute atomic E-state index is 5.67. The van der Waals surface area contributed by atoms with Gasteiger partial charge in [0.1, 0.15) is 0 Å². The number of hydrogen-bond donors (Lipinski definition) is 0. The zero-order valence-corrected chi connectivity index (χ0v) is 9.78. The molecule has 2 heteroatoms. The SMILES string of the molecule is ClCCCCC1Cc2ccccc2S1. The van der Waals surface area contributed by atoms with Crippen LogP contribution < -0.4 is 0 Å². The fraction of sp³-hybridized carbons (Fsp3) is 0.500. The summed E-state index contributed by atoms with van der Waals surface area (Å²) in [7, 11) is 0. The summed E-state index contributed by atoms with van der Waals surface area (Å²) < 4.78 is 0. The zero-order valence-electron chi connectivity index (χ0n) is 8.21. The van der Waals surface area contributed by atoms with Gasteiger partial charge < -0.3 is 0 Å². The van der Waals surface area contributed by atoms with Crippen molar-refractivity contribution in [2.24, 2.45) is 0 Å². The van der Waals surface area contributed by atoms with Crippen LogP contribution in [0.1, 0.15) is 24.8 Å². The first-order chi connectivity index (χ1) is 6.90. The van der Waals surface area contributed by atoms with E-state index in [0.29, 0.717) is 0 Å². The van der Waals surface area contributed by atoms with Gasteiger partial charge in [-0.2, -0.15) is 0 Å². The number of halogens is 1. The van der Waals surface area contributed by atoms with Crippen LogP contribution in [0.15, 0.2) is 29.2 Å². The number of unbranched alkanes of at least 4 members (excludes halogenated alkanes) is 1. The summed E-state index contributed by atoms with van der Waals surface area (Å²) in [5.41, 5.74) is 1.54. The van der Waals surface area contributed by atoms with E-state index in [1.807, 2.05) is 11.8 Å². The quantitative estimate of drug-likeness (QED) is 0.550. The molecule has 1 heterocycles. The molecule has 1 atom stereocenters. The largest absolute Gasteiger partial charge is 0.127 e. The molecule has 1 aliphatic heterocycles. The number of benzene rings is 1. The van der Waals surface area contributed by atoms with Gasteiger partial charge in [-0.05, 0) is 30.9 Å². The van der Waals surface area contributed by atoms with Gasteiger partial charge in [-0.3, -0.25) is 0 Å². The second-order valence-electron chi connectivity index (χ2n) is 3.74. The Morgan fingerprint density at radius 3 is 2.93 bits per heavy atom. The molecule has 76 valence electrons. The molecule has 1 unspecified atom stereocenters. The molecule has 0 fully saturated rings. The number of rotatable bonds is 4. The van der Waals surface area contributed by atoms with Gasteiger partial charge in [0.05, 0.1) is 0 Å². The zero-order chi connectivity index (χ0) is 9.80. The van der Waals surface area contributed by atoms with E-state index < -0.39 is 0 Å². The first-order valence-electron chi connectivity index (χ1n) is 5.20. The van der Waals surface area contributed by atoms with Gasteiger partial charge in [0.2, 0.25) is 0 Å². The molecule has 0 saturated carbocycles. The monoisotopic (exact) mass is 226 g/mol. The van der Waals surface area contributed by atoms with Crippen LogP contribution in [0.5, 0.6) is 0 Å². The van der Waals surface area contributed by atoms with Crippen molar-refractivity contribution in [1.82, 2.24) is 0 Å². The lowest BCUT2D eigenvalue weighted by atomic mass is 10.1. The molecule has 0 spiro atoms. The van der Waals surface area contributed by atoms with E-state index in [0.717, 1.165) is 17.6 Å². The Balaban J connectivity index is 1.86. The summed E-state index contributed by atoms with van der Waals surface area (Å²) in [6, 6.07) is 8.76. The van der Waals surface area contributed by atoms with Crippen molar-refractivity contribution in [3.05, 3.63) is 29.8 Å². The topological polar surface area (TPSA) is 0 Å². The molecule has 1 aliphatic rings.